The lowest BCUT2D eigenvalue weighted by atomic mass is 9.75. The van der Waals surface area contributed by atoms with Crippen molar-refractivity contribution in [2.75, 3.05) is 6.54 Å². The fourth-order valence-corrected chi connectivity index (χ4v) is 2.36. The first-order chi connectivity index (χ1) is 8.15. The highest BCUT2D eigenvalue weighted by Gasteiger charge is 2.29. The highest BCUT2D eigenvalue weighted by molar-refractivity contribution is 5.66. The molecular formula is C14H19NO2. The number of aryl methyl sites for hydroxylation is 1. The average Bonchev–Trinajstić information content (AvgIpc) is 2.21. The normalized spacial score (nSPS) is 23.1. The molecule has 0 amide bonds. The zero-order valence-electron chi connectivity index (χ0n) is 10.1. The van der Waals surface area contributed by atoms with Gasteiger partial charge >= 0.3 is 5.97 Å². The maximum atomic E-state index is 10.4. The number of hydrogen-bond donors (Lipinski definition) is 2. The molecule has 0 atom stereocenters. The number of aliphatic carboxylic acids is 1. The zero-order chi connectivity index (χ0) is 12.3. The maximum Gasteiger partial charge on any atom is 0.304 e. The van der Waals surface area contributed by atoms with Crippen LogP contribution >= 0.6 is 0 Å². The van der Waals surface area contributed by atoms with Gasteiger partial charge in [-0.3, -0.25) is 4.79 Å². The van der Waals surface area contributed by atoms with Crippen molar-refractivity contribution < 1.29 is 9.90 Å². The van der Waals surface area contributed by atoms with E-state index in [1.54, 1.807) is 0 Å². The van der Waals surface area contributed by atoms with Gasteiger partial charge in [0.2, 0.25) is 0 Å². The van der Waals surface area contributed by atoms with E-state index < -0.39 is 5.97 Å². The number of rotatable bonds is 5. The Labute approximate surface area is 102 Å². The van der Waals surface area contributed by atoms with Gasteiger partial charge in [0.05, 0.1) is 6.42 Å². The third-order valence-corrected chi connectivity index (χ3v) is 3.42. The monoisotopic (exact) mass is 233 g/mol. The summed E-state index contributed by atoms with van der Waals surface area (Å²) in [6.07, 6.45) is 2.47. The van der Waals surface area contributed by atoms with Crippen molar-refractivity contribution in [2.24, 2.45) is 0 Å². The quantitative estimate of drug-likeness (QED) is 0.820. The summed E-state index contributed by atoms with van der Waals surface area (Å²) in [4.78, 5) is 10.4. The highest BCUT2D eigenvalue weighted by atomic mass is 16.4. The van der Waals surface area contributed by atoms with E-state index in [1.165, 1.54) is 11.1 Å². The molecule has 1 aliphatic rings. The van der Waals surface area contributed by atoms with Crippen molar-refractivity contribution >= 4 is 5.97 Å². The molecule has 1 aromatic rings. The lowest BCUT2D eigenvalue weighted by Gasteiger charge is -2.36. The molecule has 0 heterocycles. The minimum atomic E-state index is -0.730. The molecule has 3 nitrogen and oxygen atoms in total. The molecule has 0 spiro atoms. The van der Waals surface area contributed by atoms with Crippen LogP contribution in [0.3, 0.4) is 0 Å². The van der Waals surface area contributed by atoms with Crippen LogP contribution < -0.4 is 5.32 Å². The van der Waals surface area contributed by atoms with Gasteiger partial charge in [-0.2, -0.15) is 0 Å². The van der Waals surface area contributed by atoms with E-state index in [9.17, 15) is 4.79 Å². The maximum absolute atomic E-state index is 10.4. The van der Waals surface area contributed by atoms with Crippen LogP contribution in [-0.4, -0.2) is 23.7 Å². The van der Waals surface area contributed by atoms with Gasteiger partial charge in [0, 0.05) is 12.6 Å². The third kappa shape index (κ3) is 3.30. The topological polar surface area (TPSA) is 49.3 Å². The number of benzene rings is 1. The second-order valence-corrected chi connectivity index (χ2v) is 4.88. The van der Waals surface area contributed by atoms with Crippen LogP contribution in [0.1, 0.15) is 36.3 Å². The minimum Gasteiger partial charge on any atom is -0.481 e. The molecule has 92 valence electrons. The van der Waals surface area contributed by atoms with Crippen molar-refractivity contribution in [2.45, 2.75) is 38.1 Å². The first kappa shape index (κ1) is 12.1. The predicted molar refractivity (Wildman–Crippen MR) is 67.2 cm³/mol. The molecule has 3 heteroatoms. The van der Waals surface area contributed by atoms with E-state index in [0.717, 1.165) is 12.8 Å². The molecule has 1 aliphatic carbocycles. The van der Waals surface area contributed by atoms with Crippen molar-refractivity contribution in [3.05, 3.63) is 35.4 Å². The van der Waals surface area contributed by atoms with Crippen molar-refractivity contribution in [1.82, 2.24) is 5.32 Å². The minimum absolute atomic E-state index is 0.214. The van der Waals surface area contributed by atoms with Gasteiger partial charge < -0.3 is 10.4 Å². The van der Waals surface area contributed by atoms with Crippen LogP contribution in [0, 0.1) is 6.92 Å². The van der Waals surface area contributed by atoms with Crippen LogP contribution in [-0.2, 0) is 4.79 Å². The summed E-state index contributed by atoms with van der Waals surface area (Å²) in [5.74, 6) is -0.0794. The molecule has 17 heavy (non-hydrogen) atoms. The zero-order valence-corrected chi connectivity index (χ0v) is 10.1. The number of hydrogen-bond acceptors (Lipinski definition) is 2. The molecule has 2 rings (SSSR count). The molecule has 0 aromatic heterocycles. The van der Waals surface area contributed by atoms with Crippen molar-refractivity contribution in [1.29, 1.82) is 0 Å². The Morgan fingerprint density at radius 2 is 2.24 bits per heavy atom. The first-order valence-corrected chi connectivity index (χ1v) is 6.17. The fourth-order valence-electron chi connectivity index (χ4n) is 2.36. The number of carbonyl (C=O) groups is 1. The SMILES string of the molecule is Cc1cccc(C2CC(NCCC(=O)O)C2)c1. The van der Waals surface area contributed by atoms with E-state index >= 15 is 0 Å². The largest absolute Gasteiger partial charge is 0.481 e. The smallest absolute Gasteiger partial charge is 0.304 e. The molecule has 1 saturated carbocycles. The Morgan fingerprint density at radius 3 is 2.88 bits per heavy atom. The van der Waals surface area contributed by atoms with Gasteiger partial charge in [-0.25, -0.2) is 0 Å². The van der Waals surface area contributed by atoms with Gasteiger partial charge in [-0.05, 0) is 31.2 Å². The summed E-state index contributed by atoms with van der Waals surface area (Å²) in [5.41, 5.74) is 2.73. The Bertz CT molecular complexity index is 397. The summed E-state index contributed by atoms with van der Waals surface area (Å²) in [7, 11) is 0. The Kier molecular flexibility index (Phi) is 3.79. The average molecular weight is 233 g/mol. The van der Waals surface area contributed by atoms with Gasteiger partial charge in [0.15, 0.2) is 0 Å². The third-order valence-electron chi connectivity index (χ3n) is 3.42. The van der Waals surface area contributed by atoms with E-state index in [2.05, 4.69) is 36.5 Å². The standard InChI is InChI=1S/C14H19NO2/c1-10-3-2-4-11(7-10)12-8-13(9-12)15-6-5-14(16)17/h2-4,7,12-13,15H,5-6,8-9H2,1H3,(H,16,17). The summed E-state index contributed by atoms with van der Waals surface area (Å²) in [6.45, 7) is 2.70. The van der Waals surface area contributed by atoms with E-state index in [0.29, 0.717) is 18.5 Å². The number of carboxylic acid groups (broad SMARTS) is 1. The Morgan fingerprint density at radius 1 is 1.47 bits per heavy atom. The first-order valence-electron chi connectivity index (χ1n) is 6.17. The molecule has 1 fully saturated rings. The molecular weight excluding hydrogens is 214 g/mol. The van der Waals surface area contributed by atoms with E-state index in [4.69, 9.17) is 5.11 Å². The Balaban J connectivity index is 1.73. The van der Waals surface area contributed by atoms with Crippen LogP contribution in [0.15, 0.2) is 24.3 Å². The molecule has 0 radical (unpaired) electrons. The second-order valence-electron chi connectivity index (χ2n) is 4.88. The lowest BCUT2D eigenvalue weighted by Crippen LogP contribution is -2.40. The summed E-state index contributed by atoms with van der Waals surface area (Å²) in [6, 6.07) is 9.16. The molecule has 0 bridgehead atoms. The highest BCUT2D eigenvalue weighted by Crippen LogP contribution is 2.36. The van der Waals surface area contributed by atoms with Crippen LogP contribution in [0.25, 0.3) is 0 Å². The predicted octanol–water partition coefficient (Wildman–Crippen LogP) is 2.31. The summed E-state index contributed by atoms with van der Waals surface area (Å²) >= 11 is 0. The number of carboxylic acids is 1. The lowest BCUT2D eigenvalue weighted by molar-refractivity contribution is -0.136. The van der Waals surface area contributed by atoms with Gasteiger partial charge in [-0.15, -0.1) is 0 Å². The molecule has 0 saturated heterocycles. The van der Waals surface area contributed by atoms with Gasteiger partial charge in [0.25, 0.3) is 0 Å². The molecule has 2 N–H and O–H groups in total. The van der Waals surface area contributed by atoms with E-state index in [-0.39, 0.29) is 6.42 Å². The van der Waals surface area contributed by atoms with Crippen LogP contribution in [0.2, 0.25) is 0 Å². The van der Waals surface area contributed by atoms with Crippen LogP contribution in [0.5, 0.6) is 0 Å². The van der Waals surface area contributed by atoms with Crippen molar-refractivity contribution in [3.8, 4) is 0 Å². The second kappa shape index (κ2) is 5.32. The van der Waals surface area contributed by atoms with Gasteiger partial charge in [0.1, 0.15) is 0 Å². The fraction of sp³-hybridized carbons (Fsp3) is 0.500. The van der Waals surface area contributed by atoms with Gasteiger partial charge in [-0.1, -0.05) is 29.8 Å². The van der Waals surface area contributed by atoms with Crippen molar-refractivity contribution in [3.63, 3.8) is 0 Å². The van der Waals surface area contributed by atoms with Crippen LogP contribution in [0.4, 0.5) is 0 Å². The molecule has 1 aromatic carbocycles. The summed E-state index contributed by atoms with van der Waals surface area (Å²) < 4.78 is 0. The molecule has 0 aliphatic heterocycles. The molecule has 0 unspecified atom stereocenters. The Hall–Kier alpha value is -1.35. The summed E-state index contributed by atoms with van der Waals surface area (Å²) in [5, 5.41) is 11.8. The number of nitrogens with one attached hydrogen (secondary N) is 1. The van der Waals surface area contributed by atoms with E-state index in [1.807, 2.05) is 0 Å².